The molecule has 1 radical (unpaired) electrons. The van der Waals surface area contributed by atoms with Crippen LogP contribution in [0.4, 0.5) is 0 Å². The minimum atomic E-state index is 0.766. The second-order valence-corrected chi connectivity index (χ2v) is 4.56. The Morgan fingerprint density at radius 1 is 1.21 bits per heavy atom. The predicted octanol–water partition coefficient (Wildman–Crippen LogP) is 2.50. The summed E-state index contributed by atoms with van der Waals surface area (Å²) in [7, 11) is 0. The van der Waals surface area contributed by atoms with Crippen LogP contribution in [0.3, 0.4) is 0 Å². The molecule has 2 atom stereocenters. The maximum absolute atomic E-state index is 4.27. The minimum Gasteiger partial charge on any atom is -0.233 e. The molecule has 3 rings (SSSR count). The summed E-state index contributed by atoms with van der Waals surface area (Å²) in [5.41, 5.74) is 2.70. The van der Waals surface area contributed by atoms with Crippen LogP contribution in [0, 0.1) is 12.2 Å². The molecular weight excluding hydrogens is 172 g/mol. The molecule has 0 N–H and O–H groups in total. The van der Waals surface area contributed by atoms with Crippen LogP contribution in [0.1, 0.15) is 49.3 Å². The van der Waals surface area contributed by atoms with E-state index in [2.05, 4.69) is 16.3 Å². The van der Waals surface area contributed by atoms with Gasteiger partial charge in [-0.25, -0.2) is 9.97 Å². The highest BCUT2D eigenvalue weighted by Gasteiger charge is 2.32. The lowest BCUT2D eigenvalue weighted by molar-refractivity contribution is 0.272. The van der Waals surface area contributed by atoms with Gasteiger partial charge in [-0.3, -0.25) is 0 Å². The largest absolute Gasteiger partial charge is 0.233 e. The zero-order chi connectivity index (χ0) is 9.38. The van der Waals surface area contributed by atoms with Crippen LogP contribution in [-0.2, 0) is 6.42 Å². The molecular formula is C12H15N2. The molecule has 1 heterocycles. The SMILES string of the molecule is [c]1ncc2c(n1)CCC1CCCCC21. The number of aryl methyl sites for hydroxylation is 1. The Morgan fingerprint density at radius 2 is 2.14 bits per heavy atom. The monoisotopic (exact) mass is 187 g/mol. The summed E-state index contributed by atoms with van der Waals surface area (Å²) in [6.07, 6.45) is 12.8. The molecule has 1 fully saturated rings. The third-order valence-corrected chi connectivity index (χ3v) is 3.84. The van der Waals surface area contributed by atoms with Crippen molar-refractivity contribution in [3.05, 3.63) is 23.8 Å². The number of hydrogen-bond donors (Lipinski definition) is 0. The summed E-state index contributed by atoms with van der Waals surface area (Å²) in [6.45, 7) is 0. The second-order valence-electron chi connectivity index (χ2n) is 4.56. The Bertz CT molecular complexity index is 335. The fraction of sp³-hybridized carbons (Fsp3) is 0.667. The Hall–Kier alpha value is -0.920. The van der Waals surface area contributed by atoms with Crippen LogP contribution >= 0.6 is 0 Å². The molecule has 0 spiro atoms. The molecule has 1 aromatic heterocycles. The number of nitrogens with zero attached hydrogens (tertiary/aromatic N) is 2. The molecule has 73 valence electrons. The predicted molar refractivity (Wildman–Crippen MR) is 53.9 cm³/mol. The van der Waals surface area contributed by atoms with Gasteiger partial charge in [-0.2, -0.15) is 0 Å². The van der Waals surface area contributed by atoms with Crippen molar-refractivity contribution < 1.29 is 0 Å². The normalized spacial score (nSPS) is 30.6. The topological polar surface area (TPSA) is 25.8 Å². The van der Waals surface area contributed by atoms with Gasteiger partial charge in [0.15, 0.2) is 6.33 Å². The number of rotatable bonds is 0. The zero-order valence-electron chi connectivity index (χ0n) is 8.37. The van der Waals surface area contributed by atoms with E-state index >= 15 is 0 Å². The Balaban J connectivity index is 1.99. The first kappa shape index (κ1) is 8.39. The minimum absolute atomic E-state index is 0.766. The first-order valence-electron chi connectivity index (χ1n) is 5.67. The van der Waals surface area contributed by atoms with Gasteiger partial charge < -0.3 is 0 Å². The standard InChI is InChI=1S/C12H15N2/c1-2-4-10-9(3-1)5-6-12-11(10)7-13-8-14-12/h7,9-10H,1-6H2. The van der Waals surface area contributed by atoms with Crippen LogP contribution in [0.25, 0.3) is 0 Å². The molecule has 2 aliphatic carbocycles. The molecule has 0 aliphatic heterocycles. The van der Waals surface area contributed by atoms with E-state index in [9.17, 15) is 0 Å². The highest BCUT2D eigenvalue weighted by molar-refractivity contribution is 5.25. The molecule has 2 unspecified atom stereocenters. The summed E-state index contributed by atoms with van der Waals surface area (Å²) >= 11 is 0. The Labute approximate surface area is 84.8 Å². The van der Waals surface area contributed by atoms with Crippen molar-refractivity contribution in [1.29, 1.82) is 0 Å². The van der Waals surface area contributed by atoms with Crippen molar-refractivity contribution in [3.63, 3.8) is 0 Å². The van der Waals surface area contributed by atoms with Gasteiger partial charge in [0.1, 0.15) is 0 Å². The first-order valence-corrected chi connectivity index (χ1v) is 5.67. The van der Waals surface area contributed by atoms with Crippen LogP contribution in [0.5, 0.6) is 0 Å². The van der Waals surface area contributed by atoms with E-state index in [1.165, 1.54) is 43.4 Å². The number of fused-ring (bicyclic) bond motifs is 3. The molecule has 0 amide bonds. The molecule has 1 saturated carbocycles. The van der Waals surface area contributed by atoms with E-state index in [1.807, 2.05) is 6.20 Å². The van der Waals surface area contributed by atoms with Gasteiger partial charge in [0.2, 0.25) is 0 Å². The van der Waals surface area contributed by atoms with E-state index in [1.54, 1.807) is 0 Å². The van der Waals surface area contributed by atoms with Gasteiger partial charge in [0, 0.05) is 11.9 Å². The molecule has 2 aliphatic rings. The molecule has 0 aromatic carbocycles. The van der Waals surface area contributed by atoms with Crippen LogP contribution in [0.2, 0.25) is 0 Å². The smallest absolute Gasteiger partial charge is 0.197 e. The van der Waals surface area contributed by atoms with Crippen molar-refractivity contribution in [3.8, 4) is 0 Å². The van der Waals surface area contributed by atoms with Crippen LogP contribution in [0.15, 0.2) is 6.20 Å². The van der Waals surface area contributed by atoms with Crippen LogP contribution < -0.4 is 0 Å². The van der Waals surface area contributed by atoms with E-state index in [0.29, 0.717) is 0 Å². The van der Waals surface area contributed by atoms with Crippen molar-refractivity contribution in [2.45, 2.75) is 44.4 Å². The van der Waals surface area contributed by atoms with Gasteiger partial charge >= 0.3 is 0 Å². The van der Waals surface area contributed by atoms with Gasteiger partial charge in [0.25, 0.3) is 0 Å². The number of hydrogen-bond acceptors (Lipinski definition) is 2. The fourth-order valence-electron chi connectivity index (χ4n) is 3.12. The maximum Gasteiger partial charge on any atom is 0.197 e. The zero-order valence-corrected chi connectivity index (χ0v) is 8.37. The lowest BCUT2D eigenvalue weighted by Gasteiger charge is -2.36. The summed E-state index contributed by atoms with van der Waals surface area (Å²) in [4.78, 5) is 8.33. The van der Waals surface area contributed by atoms with Crippen molar-refractivity contribution in [2.24, 2.45) is 5.92 Å². The lowest BCUT2D eigenvalue weighted by atomic mass is 9.70. The quantitative estimate of drug-likeness (QED) is 0.623. The highest BCUT2D eigenvalue weighted by atomic mass is 14.8. The van der Waals surface area contributed by atoms with E-state index in [4.69, 9.17) is 0 Å². The summed E-state index contributed by atoms with van der Waals surface area (Å²) in [5.74, 6) is 1.68. The molecule has 2 heteroatoms. The van der Waals surface area contributed by atoms with E-state index in [0.717, 1.165) is 18.3 Å². The lowest BCUT2D eigenvalue weighted by Crippen LogP contribution is -2.24. The fourth-order valence-corrected chi connectivity index (χ4v) is 3.12. The van der Waals surface area contributed by atoms with Crippen molar-refractivity contribution in [2.75, 3.05) is 0 Å². The second kappa shape index (κ2) is 3.34. The highest BCUT2D eigenvalue weighted by Crippen LogP contribution is 2.43. The summed E-state index contributed by atoms with van der Waals surface area (Å²) in [6, 6.07) is 0. The first-order chi connectivity index (χ1) is 6.95. The average Bonchev–Trinajstić information content (AvgIpc) is 2.29. The average molecular weight is 187 g/mol. The molecule has 14 heavy (non-hydrogen) atoms. The molecule has 0 bridgehead atoms. The third kappa shape index (κ3) is 1.24. The molecule has 0 saturated heterocycles. The van der Waals surface area contributed by atoms with Gasteiger partial charge in [-0.05, 0) is 43.1 Å². The van der Waals surface area contributed by atoms with E-state index in [-0.39, 0.29) is 0 Å². The van der Waals surface area contributed by atoms with Crippen molar-refractivity contribution >= 4 is 0 Å². The summed E-state index contributed by atoms with van der Waals surface area (Å²) in [5, 5.41) is 0. The van der Waals surface area contributed by atoms with Crippen molar-refractivity contribution in [1.82, 2.24) is 9.97 Å². The Morgan fingerprint density at radius 3 is 3.14 bits per heavy atom. The Kier molecular flexibility index (Phi) is 2.00. The third-order valence-electron chi connectivity index (χ3n) is 3.84. The maximum atomic E-state index is 4.27. The van der Waals surface area contributed by atoms with E-state index < -0.39 is 0 Å². The molecule has 2 nitrogen and oxygen atoms in total. The number of aromatic nitrogens is 2. The summed E-state index contributed by atoms with van der Waals surface area (Å²) < 4.78 is 0. The van der Waals surface area contributed by atoms with Gasteiger partial charge in [-0.15, -0.1) is 0 Å². The van der Waals surface area contributed by atoms with Gasteiger partial charge in [0.05, 0.1) is 0 Å². The molecule has 1 aromatic rings. The van der Waals surface area contributed by atoms with Gasteiger partial charge in [-0.1, -0.05) is 12.8 Å². The van der Waals surface area contributed by atoms with Crippen LogP contribution in [-0.4, -0.2) is 9.97 Å².